The fourth-order valence-electron chi connectivity index (χ4n) is 3.21. The minimum absolute atomic E-state index is 0.0946. The summed E-state index contributed by atoms with van der Waals surface area (Å²) < 4.78 is 1.82. The summed E-state index contributed by atoms with van der Waals surface area (Å²) in [5, 5.41) is 11.6. The second kappa shape index (κ2) is 8.82. The second-order valence-electron chi connectivity index (χ2n) is 6.34. The molecule has 0 amide bonds. The van der Waals surface area contributed by atoms with E-state index in [-0.39, 0.29) is 10.6 Å². The number of benzene rings is 2. The molecule has 0 spiro atoms. The van der Waals surface area contributed by atoms with Gasteiger partial charge in [-0.1, -0.05) is 85.0 Å². The van der Waals surface area contributed by atoms with E-state index in [1.54, 1.807) is 12.3 Å². The third kappa shape index (κ3) is 4.18. The van der Waals surface area contributed by atoms with Gasteiger partial charge in [-0.3, -0.25) is 10.1 Å². The van der Waals surface area contributed by atoms with Gasteiger partial charge >= 0.3 is 0 Å². The zero-order valence-corrected chi connectivity index (χ0v) is 15.9. The summed E-state index contributed by atoms with van der Waals surface area (Å²) in [5.74, 6) is 0. The first-order valence-electron chi connectivity index (χ1n) is 9.07. The molecule has 0 fully saturated rings. The van der Waals surface area contributed by atoms with E-state index in [4.69, 9.17) is 0 Å². The van der Waals surface area contributed by atoms with E-state index in [9.17, 15) is 10.1 Å². The molecule has 28 heavy (non-hydrogen) atoms. The fraction of sp³-hybridized carbons (Fsp3) is 0.0833. The van der Waals surface area contributed by atoms with Gasteiger partial charge in [-0.15, -0.1) is 0 Å². The van der Waals surface area contributed by atoms with Gasteiger partial charge < -0.3 is 4.57 Å². The third-order valence-electron chi connectivity index (χ3n) is 4.49. The fourth-order valence-corrected chi connectivity index (χ4v) is 3.21. The molecule has 0 unspecified atom stereocenters. The van der Waals surface area contributed by atoms with Crippen LogP contribution >= 0.6 is 0 Å². The Morgan fingerprint density at radius 2 is 1.57 bits per heavy atom. The standard InChI is InChI=1S/C24H22N2O2/c1-3-21(20-15-8-5-9-16-20)24-22(23(26(27)28)18-25(24)2)17-11-10-14-19-12-6-4-7-13-19/h3-18H,1-2H3/b14-10+,17-11+,21-3+. The van der Waals surface area contributed by atoms with E-state index in [1.165, 1.54) is 0 Å². The first-order valence-corrected chi connectivity index (χ1v) is 9.07. The maximum absolute atomic E-state index is 11.6. The quantitative estimate of drug-likeness (QED) is 0.298. The summed E-state index contributed by atoms with van der Waals surface area (Å²) in [6, 6.07) is 19.8. The smallest absolute Gasteiger partial charge is 0.294 e. The van der Waals surface area contributed by atoms with Gasteiger partial charge in [0.2, 0.25) is 0 Å². The van der Waals surface area contributed by atoms with Crippen LogP contribution in [0.15, 0.2) is 85.1 Å². The van der Waals surface area contributed by atoms with Crippen LogP contribution in [0.4, 0.5) is 5.69 Å². The normalized spacial score (nSPS) is 12.1. The highest BCUT2D eigenvalue weighted by atomic mass is 16.6. The van der Waals surface area contributed by atoms with Crippen LogP contribution in [0.3, 0.4) is 0 Å². The molecule has 140 valence electrons. The van der Waals surface area contributed by atoms with Crippen molar-refractivity contribution < 1.29 is 4.92 Å². The summed E-state index contributed by atoms with van der Waals surface area (Å²) >= 11 is 0. The van der Waals surface area contributed by atoms with Gasteiger partial charge in [0.25, 0.3) is 5.69 Å². The van der Waals surface area contributed by atoms with Crippen LogP contribution < -0.4 is 0 Å². The molecule has 4 nitrogen and oxygen atoms in total. The molecule has 0 saturated carbocycles. The third-order valence-corrected chi connectivity index (χ3v) is 4.49. The van der Waals surface area contributed by atoms with Gasteiger partial charge in [-0.25, -0.2) is 0 Å². The van der Waals surface area contributed by atoms with Crippen LogP contribution in [0.2, 0.25) is 0 Å². The lowest BCUT2D eigenvalue weighted by Crippen LogP contribution is -1.98. The van der Waals surface area contributed by atoms with Crippen molar-refractivity contribution >= 4 is 23.4 Å². The Morgan fingerprint density at radius 3 is 2.18 bits per heavy atom. The highest BCUT2D eigenvalue weighted by Gasteiger charge is 2.23. The van der Waals surface area contributed by atoms with Crippen molar-refractivity contribution in [3.63, 3.8) is 0 Å². The Kier molecular flexibility index (Phi) is 6.02. The van der Waals surface area contributed by atoms with Gasteiger partial charge in [0.15, 0.2) is 0 Å². The lowest BCUT2D eigenvalue weighted by atomic mass is 9.99. The van der Waals surface area contributed by atoms with Gasteiger partial charge in [0.1, 0.15) is 0 Å². The summed E-state index contributed by atoms with van der Waals surface area (Å²) in [6.07, 6.45) is 11.1. The van der Waals surface area contributed by atoms with Gasteiger partial charge in [0, 0.05) is 12.6 Å². The molecule has 0 aliphatic heterocycles. The van der Waals surface area contributed by atoms with Gasteiger partial charge in [0.05, 0.1) is 22.4 Å². The molecule has 0 radical (unpaired) electrons. The molecular formula is C24H22N2O2. The van der Waals surface area contributed by atoms with E-state index in [0.29, 0.717) is 5.56 Å². The van der Waals surface area contributed by atoms with E-state index in [2.05, 4.69) is 0 Å². The van der Waals surface area contributed by atoms with Crippen LogP contribution in [-0.4, -0.2) is 9.49 Å². The number of aryl methyl sites for hydroxylation is 1. The maximum atomic E-state index is 11.6. The Balaban J connectivity index is 2.03. The number of rotatable bonds is 6. The first kappa shape index (κ1) is 19.1. The van der Waals surface area contributed by atoms with Crippen LogP contribution in [-0.2, 0) is 7.05 Å². The average molecular weight is 370 g/mol. The van der Waals surface area contributed by atoms with Crippen molar-refractivity contribution in [2.75, 3.05) is 0 Å². The van der Waals surface area contributed by atoms with Crippen LogP contribution in [0.1, 0.15) is 29.3 Å². The van der Waals surface area contributed by atoms with Crippen molar-refractivity contribution in [1.82, 2.24) is 4.57 Å². The second-order valence-corrected chi connectivity index (χ2v) is 6.34. The van der Waals surface area contributed by atoms with Crippen LogP contribution in [0.5, 0.6) is 0 Å². The minimum Gasteiger partial charge on any atom is -0.344 e. The molecule has 0 atom stereocenters. The van der Waals surface area contributed by atoms with Crippen molar-refractivity contribution in [1.29, 1.82) is 0 Å². The SMILES string of the molecule is C/C=C(\c1ccccc1)c1c(/C=C/C=C/c2ccccc2)c([N+](=O)[O-])cn1C. The van der Waals surface area contributed by atoms with E-state index in [0.717, 1.165) is 22.4 Å². The molecule has 0 aliphatic carbocycles. The molecule has 3 aromatic rings. The lowest BCUT2D eigenvalue weighted by Gasteiger charge is -2.10. The number of aromatic nitrogens is 1. The summed E-state index contributed by atoms with van der Waals surface area (Å²) in [4.78, 5) is 11.3. The van der Waals surface area contributed by atoms with E-state index >= 15 is 0 Å². The summed E-state index contributed by atoms with van der Waals surface area (Å²) in [5.41, 5.74) is 4.58. The molecule has 4 heteroatoms. The Hall–Kier alpha value is -3.66. The number of hydrogen-bond acceptors (Lipinski definition) is 2. The van der Waals surface area contributed by atoms with Crippen molar-refractivity contribution in [3.05, 3.63) is 118 Å². The Morgan fingerprint density at radius 1 is 0.964 bits per heavy atom. The highest BCUT2D eigenvalue weighted by Crippen LogP contribution is 2.34. The molecule has 0 saturated heterocycles. The zero-order chi connectivity index (χ0) is 19.9. The summed E-state index contributed by atoms with van der Waals surface area (Å²) in [7, 11) is 1.84. The molecule has 0 N–H and O–H groups in total. The zero-order valence-electron chi connectivity index (χ0n) is 15.9. The number of allylic oxidation sites excluding steroid dienone is 3. The largest absolute Gasteiger partial charge is 0.344 e. The molecule has 0 bridgehead atoms. The molecule has 1 heterocycles. The van der Waals surface area contributed by atoms with Crippen molar-refractivity contribution in [2.45, 2.75) is 6.92 Å². The van der Waals surface area contributed by atoms with E-state index < -0.39 is 0 Å². The lowest BCUT2D eigenvalue weighted by molar-refractivity contribution is -0.385. The van der Waals surface area contributed by atoms with Crippen molar-refractivity contribution in [2.24, 2.45) is 7.05 Å². The number of nitro groups is 1. The number of nitrogens with zero attached hydrogens (tertiary/aromatic N) is 2. The topological polar surface area (TPSA) is 48.1 Å². The maximum Gasteiger partial charge on any atom is 0.294 e. The van der Waals surface area contributed by atoms with Crippen molar-refractivity contribution in [3.8, 4) is 0 Å². The Labute approximate surface area is 164 Å². The van der Waals surface area contributed by atoms with Crippen LogP contribution in [0.25, 0.3) is 17.7 Å². The molecule has 0 aliphatic rings. The minimum atomic E-state index is -0.331. The summed E-state index contributed by atoms with van der Waals surface area (Å²) in [6.45, 7) is 1.95. The first-order chi connectivity index (χ1) is 13.6. The van der Waals surface area contributed by atoms with Gasteiger partial charge in [-0.2, -0.15) is 0 Å². The monoisotopic (exact) mass is 370 g/mol. The molecular weight excluding hydrogens is 348 g/mol. The highest BCUT2D eigenvalue weighted by molar-refractivity contribution is 5.86. The van der Waals surface area contributed by atoms with E-state index in [1.807, 2.05) is 104 Å². The van der Waals surface area contributed by atoms with Crippen LogP contribution in [0, 0.1) is 10.1 Å². The molecule has 1 aromatic heterocycles. The van der Waals surface area contributed by atoms with Gasteiger partial charge in [-0.05, 0) is 24.1 Å². The predicted molar refractivity (Wildman–Crippen MR) is 116 cm³/mol. The number of hydrogen-bond donors (Lipinski definition) is 0. The average Bonchev–Trinajstić information content (AvgIpc) is 3.04. The molecule has 2 aromatic carbocycles. The predicted octanol–water partition coefficient (Wildman–Crippen LogP) is 6.11. The molecule has 3 rings (SSSR count). The Bertz CT molecular complexity index is 1040.